The number of ether oxygens (including phenoxy) is 1. The highest BCUT2D eigenvalue weighted by atomic mass is 28.4. The van der Waals surface area contributed by atoms with E-state index in [4.69, 9.17) is 9.16 Å². The molecule has 0 radical (unpaired) electrons. The Balaban J connectivity index is 3.19. The summed E-state index contributed by atoms with van der Waals surface area (Å²) < 4.78 is 12.2. The van der Waals surface area contributed by atoms with E-state index >= 15 is 0 Å². The summed E-state index contributed by atoms with van der Waals surface area (Å²) in [6.45, 7) is 23.0. The molecule has 5 nitrogen and oxygen atoms in total. The second-order valence-electron chi connectivity index (χ2n) is 12.4. The fourth-order valence-corrected chi connectivity index (χ4v) is 11.2. The Bertz CT molecular complexity index is 586. The SMILES string of the molecule is CC(C)[Si](OC[C@]1(O)C(C)(C)CCC[C@]1(O)CCOC(=O)C(C)(C)C)(C(C)C)C(C)C. The van der Waals surface area contributed by atoms with E-state index in [0.29, 0.717) is 23.0 Å². The Morgan fingerprint density at radius 2 is 1.45 bits per heavy atom. The van der Waals surface area contributed by atoms with Gasteiger partial charge in [0.15, 0.2) is 8.32 Å². The topological polar surface area (TPSA) is 76.0 Å². The summed E-state index contributed by atoms with van der Waals surface area (Å²) in [6, 6.07) is 0. The average molecular weight is 459 g/mol. The van der Waals surface area contributed by atoms with Crippen molar-refractivity contribution in [3.63, 3.8) is 0 Å². The van der Waals surface area contributed by atoms with Gasteiger partial charge in [-0.3, -0.25) is 4.79 Å². The average Bonchev–Trinajstić information content (AvgIpc) is 2.58. The van der Waals surface area contributed by atoms with Crippen molar-refractivity contribution in [2.24, 2.45) is 10.8 Å². The molecule has 0 aliphatic heterocycles. The van der Waals surface area contributed by atoms with Gasteiger partial charge in [-0.05, 0) is 62.1 Å². The lowest BCUT2D eigenvalue weighted by Crippen LogP contribution is -2.68. The molecule has 2 atom stereocenters. The molecule has 0 unspecified atom stereocenters. The van der Waals surface area contributed by atoms with Gasteiger partial charge in [-0.2, -0.15) is 0 Å². The molecule has 1 fully saturated rings. The summed E-state index contributed by atoms with van der Waals surface area (Å²) in [5.41, 5.74) is -2.71. The van der Waals surface area contributed by atoms with Gasteiger partial charge < -0.3 is 19.4 Å². The summed E-state index contributed by atoms with van der Waals surface area (Å²) in [4.78, 5) is 12.2. The number of hydrogen-bond donors (Lipinski definition) is 2. The Kier molecular flexibility index (Phi) is 9.06. The van der Waals surface area contributed by atoms with E-state index in [-0.39, 0.29) is 25.6 Å². The molecule has 1 rings (SSSR count). The van der Waals surface area contributed by atoms with Crippen molar-refractivity contribution in [2.75, 3.05) is 13.2 Å². The summed E-state index contributed by atoms with van der Waals surface area (Å²) in [7, 11) is -2.21. The third-order valence-electron chi connectivity index (χ3n) is 7.88. The Labute approximate surface area is 192 Å². The molecule has 0 aromatic heterocycles. The van der Waals surface area contributed by atoms with Crippen LogP contribution in [0.15, 0.2) is 0 Å². The molecule has 0 aromatic carbocycles. The van der Waals surface area contributed by atoms with Gasteiger partial charge in [0.1, 0.15) is 5.60 Å². The zero-order chi connectivity index (χ0) is 24.5. The van der Waals surface area contributed by atoms with E-state index in [0.717, 1.165) is 12.8 Å². The van der Waals surface area contributed by atoms with Crippen LogP contribution in [0.5, 0.6) is 0 Å². The van der Waals surface area contributed by atoms with Crippen molar-refractivity contribution in [3.8, 4) is 0 Å². The van der Waals surface area contributed by atoms with Crippen molar-refractivity contribution < 1.29 is 24.2 Å². The van der Waals surface area contributed by atoms with Gasteiger partial charge in [0.05, 0.1) is 24.2 Å². The smallest absolute Gasteiger partial charge is 0.311 e. The van der Waals surface area contributed by atoms with Crippen LogP contribution in [-0.2, 0) is 14.0 Å². The minimum absolute atomic E-state index is 0.0894. The van der Waals surface area contributed by atoms with Crippen molar-refractivity contribution in [2.45, 2.75) is 130 Å². The molecule has 0 spiro atoms. The van der Waals surface area contributed by atoms with E-state index in [1.807, 2.05) is 34.6 Å². The first-order chi connectivity index (χ1) is 13.9. The number of carbonyl (C=O) groups excluding carboxylic acids is 1. The predicted octanol–water partition coefficient (Wildman–Crippen LogP) is 5.83. The monoisotopic (exact) mass is 458 g/mol. The largest absolute Gasteiger partial charge is 0.465 e. The summed E-state index contributed by atoms with van der Waals surface area (Å²) in [5.74, 6) is -0.295. The lowest BCUT2D eigenvalue weighted by Gasteiger charge is -2.57. The number of rotatable bonds is 9. The van der Waals surface area contributed by atoms with Crippen LogP contribution in [0.1, 0.15) is 102 Å². The third-order valence-corrected chi connectivity index (χ3v) is 13.9. The minimum atomic E-state index is -2.21. The van der Waals surface area contributed by atoms with Crippen molar-refractivity contribution in [3.05, 3.63) is 0 Å². The highest BCUT2D eigenvalue weighted by Gasteiger charge is 2.61. The lowest BCUT2D eigenvalue weighted by molar-refractivity contribution is -0.250. The minimum Gasteiger partial charge on any atom is -0.465 e. The molecular weight excluding hydrogens is 408 g/mol. The summed E-state index contributed by atoms with van der Waals surface area (Å²) in [5, 5.41) is 23.8. The van der Waals surface area contributed by atoms with E-state index in [9.17, 15) is 15.0 Å². The number of hydrogen-bond acceptors (Lipinski definition) is 5. The molecule has 1 aliphatic rings. The first-order valence-corrected chi connectivity index (χ1v) is 14.3. The van der Waals surface area contributed by atoms with E-state index in [1.54, 1.807) is 0 Å². The van der Waals surface area contributed by atoms with Crippen LogP contribution in [0, 0.1) is 10.8 Å². The maximum absolute atomic E-state index is 12.2. The van der Waals surface area contributed by atoms with Crippen molar-refractivity contribution in [1.29, 1.82) is 0 Å². The second-order valence-corrected chi connectivity index (χ2v) is 17.8. The fraction of sp³-hybridized carbons (Fsp3) is 0.960. The standard InChI is InChI=1S/C25H50O5Si/c1-18(2)31(19(3)4,20(5)6)30-17-25(28)23(10,11)13-12-14-24(25,27)15-16-29-21(26)22(7,8)9/h18-20,27-28H,12-17H2,1-11H3/t24-,25-/m0/s1. The Hall–Kier alpha value is -0.433. The van der Waals surface area contributed by atoms with E-state index in [2.05, 4.69) is 41.5 Å². The van der Waals surface area contributed by atoms with Crippen LogP contribution < -0.4 is 0 Å². The van der Waals surface area contributed by atoms with Crippen LogP contribution >= 0.6 is 0 Å². The second kappa shape index (κ2) is 9.82. The molecule has 2 N–H and O–H groups in total. The quantitative estimate of drug-likeness (QED) is 0.336. The van der Waals surface area contributed by atoms with Gasteiger partial charge in [0, 0.05) is 6.42 Å². The molecule has 31 heavy (non-hydrogen) atoms. The highest BCUT2D eigenvalue weighted by molar-refractivity contribution is 6.77. The number of carbonyl (C=O) groups is 1. The van der Waals surface area contributed by atoms with Gasteiger partial charge in [-0.15, -0.1) is 0 Å². The van der Waals surface area contributed by atoms with Gasteiger partial charge in [0.25, 0.3) is 0 Å². The van der Waals surface area contributed by atoms with Gasteiger partial charge >= 0.3 is 5.97 Å². The van der Waals surface area contributed by atoms with Crippen LogP contribution in [0.25, 0.3) is 0 Å². The van der Waals surface area contributed by atoms with E-state index < -0.39 is 30.3 Å². The molecule has 0 amide bonds. The maximum Gasteiger partial charge on any atom is 0.311 e. The van der Waals surface area contributed by atoms with Gasteiger partial charge in [0.2, 0.25) is 0 Å². The Morgan fingerprint density at radius 1 is 0.968 bits per heavy atom. The van der Waals surface area contributed by atoms with Crippen LogP contribution in [0.2, 0.25) is 16.6 Å². The molecule has 1 aliphatic carbocycles. The zero-order valence-corrected chi connectivity index (χ0v) is 23.1. The highest BCUT2D eigenvalue weighted by Crippen LogP contribution is 2.52. The molecule has 6 heteroatoms. The van der Waals surface area contributed by atoms with Crippen LogP contribution in [0.4, 0.5) is 0 Å². The lowest BCUT2D eigenvalue weighted by atomic mass is 9.57. The molecule has 1 saturated carbocycles. The normalized spacial score (nSPS) is 27.2. The van der Waals surface area contributed by atoms with E-state index in [1.165, 1.54) is 0 Å². The molecular formula is C25H50O5Si. The third kappa shape index (κ3) is 5.56. The van der Waals surface area contributed by atoms with Crippen LogP contribution in [-0.4, -0.2) is 48.9 Å². The fourth-order valence-electron chi connectivity index (χ4n) is 5.79. The number of aliphatic hydroxyl groups is 2. The van der Waals surface area contributed by atoms with Gasteiger partial charge in [-0.1, -0.05) is 55.4 Å². The molecule has 184 valence electrons. The molecule has 0 bridgehead atoms. The Morgan fingerprint density at radius 3 is 1.87 bits per heavy atom. The molecule has 0 aromatic rings. The van der Waals surface area contributed by atoms with Gasteiger partial charge in [-0.25, -0.2) is 0 Å². The van der Waals surface area contributed by atoms with Crippen molar-refractivity contribution in [1.82, 2.24) is 0 Å². The molecule has 0 saturated heterocycles. The summed E-state index contributed by atoms with van der Waals surface area (Å²) >= 11 is 0. The zero-order valence-electron chi connectivity index (χ0n) is 22.1. The van der Waals surface area contributed by atoms with Crippen molar-refractivity contribution >= 4 is 14.3 Å². The molecule has 0 heterocycles. The number of esters is 1. The summed E-state index contributed by atoms with van der Waals surface area (Å²) in [6.07, 6.45) is 2.32. The first-order valence-electron chi connectivity index (χ1n) is 12.1. The maximum atomic E-state index is 12.2. The predicted molar refractivity (Wildman–Crippen MR) is 130 cm³/mol. The first kappa shape index (κ1) is 28.6. The van der Waals surface area contributed by atoms with Crippen LogP contribution in [0.3, 0.4) is 0 Å².